The maximum Gasteiger partial charge on any atom is 0.373 e. The van der Waals surface area contributed by atoms with Gasteiger partial charge in [-0.15, -0.1) is 0 Å². The molecule has 1 N–H and O–H groups in total. The van der Waals surface area contributed by atoms with Crippen molar-refractivity contribution in [2.75, 3.05) is 12.4 Å². The van der Waals surface area contributed by atoms with Crippen LogP contribution in [0.1, 0.15) is 29.3 Å². The van der Waals surface area contributed by atoms with Crippen molar-refractivity contribution in [3.63, 3.8) is 0 Å². The van der Waals surface area contributed by atoms with Gasteiger partial charge in [-0.25, -0.2) is 9.18 Å². The maximum absolute atomic E-state index is 13.7. The van der Waals surface area contributed by atoms with Crippen LogP contribution in [0.3, 0.4) is 0 Å². The Kier molecular flexibility index (Phi) is 4.29. The number of nitrogens with one attached hydrogen (secondary N) is 1. The number of anilines is 1. The molecule has 0 bridgehead atoms. The molecule has 1 heterocycles. The lowest BCUT2D eigenvalue weighted by Gasteiger charge is -2.14. The number of benzene rings is 1. The zero-order valence-electron chi connectivity index (χ0n) is 10.9. The fourth-order valence-corrected chi connectivity index (χ4v) is 1.94. The van der Waals surface area contributed by atoms with Gasteiger partial charge in [0, 0.05) is 0 Å². The number of halogens is 2. The minimum Gasteiger partial charge on any atom is -0.463 e. The summed E-state index contributed by atoms with van der Waals surface area (Å²) in [6.07, 6.45) is 0. The molecule has 2 aromatic rings. The number of furan rings is 1. The Hall–Kier alpha value is -2.01. The van der Waals surface area contributed by atoms with Crippen molar-refractivity contribution in [2.45, 2.75) is 13.0 Å². The zero-order valence-corrected chi connectivity index (χ0v) is 11.7. The van der Waals surface area contributed by atoms with Gasteiger partial charge in [0.2, 0.25) is 5.76 Å². The third-order valence-electron chi connectivity index (χ3n) is 2.76. The van der Waals surface area contributed by atoms with Crippen LogP contribution in [0, 0.1) is 5.82 Å². The summed E-state index contributed by atoms with van der Waals surface area (Å²) in [5.41, 5.74) is 0.192. The average Bonchev–Trinajstić information content (AvgIpc) is 2.92. The summed E-state index contributed by atoms with van der Waals surface area (Å²) < 4.78 is 23.6. The Morgan fingerprint density at radius 2 is 2.15 bits per heavy atom. The first kappa shape index (κ1) is 14.4. The van der Waals surface area contributed by atoms with Crippen LogP contribution in [0.2, 0.25) is 5.02 Å². The van der Waals surface area contributed by atoms with E-state index in [1.807, 2.05) is 0 Å². The monoisotopic (exact) mass is 297 g/mol. The van der Waals surface area contributed by atoms with Crippen LogP contribution in [0.15, 0.2) is 34.7 Å². The number of carbonyl (C=O) groups is 1. The minimum atomic E-state index is -0.563. The van der Waals surface area contributed by atoms with Crippen molar-refractivity contribution in [3.8, 4) is 0 Å². The molecule has 0 saturated carbocycles. The van der Waals surface area contributed by atoms with Crippen LogP contribution in [-0.2, 0) is 4.74 Å². The summed E-state index contributed by atoms with van der Waals surface area (Å²) >= 11 is 5.93. The molecule has 1 aromatic carbocycles. The van der Waals surface area contributed by atoms with E-state index in [4.69, 9.17) is 16.0 Å². The highest BCUT2D eigenvalue weighted by molar-refractivity contribution is 6.33. The van der Waals surface area contributed by atoms with Gasteiger partial charge >= 0.3 is 5.97 Å². The van der Waals surface area contributed by atoms with E-state index in [-0.39, 0.29) is 22.5 Å². The van der Waals surface area contributed by atoms with Gasteiger partial charge in [-0.2, -0.15) is 0 Å². The standard InChI is InChI=1S/C14H13ClFNO3/c1-8(11-6-7-12(20-11)14(18)19-2)17-13-9(15)4-3-5-10(13)16/h3-8,17H,1-2H3. The first-order valence-electron chi connectivity index (χ1n) is 5.91. The summed E-state index contributed by atoms with van der Waals surface area (Å²) in [6, 6.07) is 7.18. The van der Waals surface area contributed by atoms with Crippen molar-refractivity contribution in [3.05, 3.63) is 52.7 Å². The molecule has 0 aliphatic carbocycles. The summed E-state index contributed by atoms with van der Waals surface area (Å²) in [4.78, 5) is 11.3. The Bertz CT molecular complexity index is 606. The van der Waals surface area contributed by atoms with Crippen LogP contribution >= 0.6 is 11.6 Å². The lowest BCUT2D eigenvalue weighted by Crippen LogP contribution is -2.08. The van der Waals surface area contributed by atoms with Crippen molar-refractivity contribution < 1.29 is 18.3 Å². The molecule has 2 rings (SSSR count). The Morgan fingerprint density at radius 3 is 2.80 bits per heavy atom. The first-order valence-corrected chi connectivity index (χ1v) is 6.29. The summed E-state index contributed by atoms with van der Waals surface area (Å²) in [6.45, 7) is 1.77. The molecule has 0 fully saturated rings. The molecule has 106 valence electrons. The number of ether oxygens (including phenoxy) is 1. The van der Waals surface area contributed by atoms with Crippen LogP contribution < -0.4 is 5.32 Å². The SMILES string of the molecule is COC(=O)c1ccc(C(C)Nc2c(F)cccc2Cl)o1. The summed E-state index contributed by atoms with van der Waals surface area (Å²) in [5.74, 6) is -0.447. The van der Waals surface area contributed by atoms with Crippen LogP contribution in [-0.4, -0.2) is 13.1 Å². The minimum absolute atomic E-state index is 0.0933. The van der Waals surface area contributed by atoms with E-state index in [0.717, 1.165) is 0 Å². The zero-order chi connectivity index (χ0) is 14.7. The molecule has 1 unspecified atom stereocenters. The number of para-hydroxylation sites is 1. The quantitative estimate of drug-likeness (QED) is 0.866. The second kappa shape index (κ2) is 5.96. The van der Waals surface area contributed by atoms with Crippen LogP contribution in [0.5, 0.6) is 0 Å². The van der Waals surface area contributed by atoms with E-state index >= 15 is 0 Å². The fourth-order valence-electron chi connectivity index (χ4n) is 1.72. The van der Waals surface area contributed by atoms with Gasteiger partial charge in [-0.3, -0.25) is 0 Å². The van der Waals surface area contributed by atoms with Crippen molar-refractivity contribution in [2.24, 2.45) is 0 Å². The predicted octanol–water partition coefficient (Wildman–Crippen LogP) is 4.03. The molecule has 1 aromatic heterocycles. The second-order valence-electron chi connectivity index (χ2n) is 4.16. The molecular formula is C14H13ClFNO3. The highest BCUT2D eigenvalue weighted by Gasteiger charge is 2.17. The number of hydrogen-bond acceptors (Lipinski definition) is 4. The molecule has 1 atom stereocenters. The number of rotatable bonds is 4. The largest absolute Gasteiger partial charge is 0.463 e. The van der Waals surface area contributed by atoms with E-state index in [1.165, 1.54) is 25.3 Å². The molecule has 0 spiro atoms. The van der Waals surface area contributed by atoms with Crippen molar-refractivity contribution >= 4 is 23.3 Å². The Balaban J connectivity index is 2.18. The van der Waals surface area contributed by atoms with E-state index in [0.29, 0.717) is 5.76 Å². The highest BCUT2D eigenvalue weighted by Crippen LogP contribution is 2.29. The normalized spacial score (nSPS) is 12.0. The third kappa shape index (κ3) is 2.93. The van der Waals surface area contributed by atoms with Crippen molar-refractivity contribution in [1.29, 1.82) is 0 Å². The molecular weight excluding hydrogens is 285 g/mol. The maximum atomic E-state index is 13.7. The van der Waals surface area contributed by atoms with Gasteiger partial charge < -0.3 is 14.5 Å². The van der Waals surface area contributed by atoms with E-state index in [2.05, 4.69) is 10.1 Å². The summed E-state index contributed by atoms with van der Waals surface area (Å²) in [7, 11) is 1.27. The van der Waals surface area contributed by atoms with E-state index in [1.54, 1.807) is 19.1 Å². The first-order chi connectivity index (χ1) is 9.52. The van der Waals surface area contributed by atoms with E-state index < -0.39 is 11.8 Å². The molecule has 0 amide bonds. The smallest absolute Gasteiger partial charge is 0.373 e. The fraction of sp³-hybridized carbons (Fsp3) is 0.214. The van der Waals surface area contributed by atoms with Gasteiger partial charge in [0.15, 0.2) is 0 Å². The number of carbonyl (C=O) groups excluding carboxylic acids is 1. The molecule has 0 aliphatic heterocycles. The Morgan fingerprint density at radius 1 is 1.40 bits per heavy atom. The second-order valence-corrected chi connectivity index (χ2v) is 4.56. The third-order valence-corrected chi connectivity index (χ3v) is 3.08. The van der Waals surface area contributed by atoms with Crippen molar-refractivity contribution in [1.82, 2.24) is 0 Å². The highest BCUT2D eigenvalue weighted by atomic mass is 35.5. The molecule has 0 radical (unpaired) electrons. The molecule has 6 heteroatoms. The van der Waals surface area contributed by atoms with Crippen LogP contribution in [0.25, 0.3) is 0 Å². The number of esters is 1. The lowest BCUT2D eigenvalue weighted by atomic mass is 10.2. The Labute approximate surface area is 120 Å². The number of hydrogen-bond donors (Lipinski definition) is 1. The topological polar surface area (TPSA) is 51.5 Å². The van der Waals surface area contributed by atoms with Gasteiger partial charge in [0.1, 0.15) is 11.6 Å². The van der Waals surface area contributed by atoms with Gasteiger partial charge in [-0.1, -0.05) is 17.7 Å². The molecule has 0 aliphatic rings. The number of methoxy groups -OCH3 is 1. The summed E-state index contributed by atoms with van der Waals surface area (Å²) in [5, 5.41) is 3.19. The molecule has 20 heavy (non-hydrogen) atoms. The van der Waals surface area contributed by atoms with Gasteiger partial charge in [0.05, 0.1) is 23.9 Å². The van der Waals surface area contributed by atoms with Gasteiger partial charge in [0.25, 0.3) is 0 Å². The predicted molar refractivity (Wildman–Crippen MR) is 73.5 cm³/mol. The van der Waals surface area contributed by atoms with E-state index in [9.17, 15) is 9.18 Å². The molecule has 4 nitrogen and oxygen atoms in total. The van der Waals surface area contributed by atoms with Gasteiger partial charge in [-0.05, 0) is 31.2 Å². The lowest BCUT2D eigenvalue weighted by molar-refractivity contribution is 0.0562. The average molecular weight is 298 g/mol. The molecule has 0 saturated heterocycles. The van der Waals surface area contributed by atoms with Crippen LogP contribution in [0.4, 0.5) is 10.1 Å².